The molecule has 0 saturated heterocycles. The number of alkyl halides is 3. The van der Waals surface area contributed by atoms with Crippen molar-refractivity contribution in [1.29, 1.82) is 0 Å². The summed E-state index contributed by atoms with van der Waals surface area (Å²) >= 11 is 1.39. The number of likely N-dealkylation sites (N-methyl/N-ethyl adjacent to an activating group) is 1. The molecule has 2 aromatic rings. The summed E-state index contributed by atoms with van der Waals surface area (Å²) in [5.74, 6) is -0.927. The van der Waals surface area contributed by atoms with E-state index in [9.17, 15) is 26.4 Å². The van der Waals surface area contributed by atoms with Crippen LogP contribution in [0.25, 0.3) is 0 Å². The average molecular weight is 464 g/mol. The predicted octanol–water partition coefficient (Wildman–Crippen LogP) is 2.34. The Labute approximate surface area is 175 Å². The first kappa shape index (κ1) is 22.5. The summed E-state index contributed by atoms with van der Waals surface area (Å²) in [5.41, 5.74) is 0.965. The number of aromatic nitrogens is 1. The summed E-state index contributed by atoms with van der Waals surface area (Å²) in [6, 6.07) is 3.77. The molecule has 13 heteroatoms. The fraction of sp³-hybridized carbons (Fsp3) is 0.412. The number of hydrogen-bond acceptors (Lipinski definition) is 7. The zero-order valence-electron chi connectivity index (χ0n) is 15.8. The molecule has 2 N–H and O–H groups in total. The quantitative estimate of drug-likeness (QED) is 0.653. The number of hydrogen-bond donors (Lipinski definition) is 2. The van der Waals surface area contributed by atoms with E-state index < -0.39 is 28.0 Å². The molecule has 1 aliphatic heterocycles. The molecule has 0 unspecified atom stereocenters. The first-order valence-electron chi connectivity index (χ1n) is 8.84. The third-order valence-corrected chi connectivity index (χ3v) is 6.65. The number of carbonyl (C=O) groups is 1. The van der Waals surface area contributed by atoms with Gasteiger partial charge in [0.15, 0.2) is 5.13 Å². The summed E-state index contributed by atoms with van der Waals surface area (Å²) in [4.78, 5) is 19.5. The van der Waals surface area contributed by atoms with Gasteiger partial charge in [0.1, 0.15) is 5.75 Å². The van der Waals surface area contributed by atoms with E-state index in [-0.39, 0.29) is 17.9 Å². The number of rotatable bonds is 7. The van der Waals surface area contributed by atoms with Crippen LogP contribution in [0, 0.1) is 0 Å². The van der Waals surface area contributed by atoms with Crippen molar-refractivity contribution in [1.82, 2.24) is 14.6 Å². The molecule has 0 bridgehead atoms. The number of thiazole rings is 1. The minimum atomic E-state index is -4.86. The molecule has 0 atom stereocenters. The highest BCUT2D eigenvalue weighted by atomic mass is 32.2. The SMILES string of the molecule is CN1CCc2nc(NC(=O)CCNS(=O)(=O)c3ccc(OC(F)(F)F)cc3)sc2C1. The van der Waals surface area contributed by atoms with Gasteiger partial charge in [-0.3, -0.25) is 4.79 Å². The second-order valence-corrected chi connectivity index (χ2v) is 9.44. The fourth-order valence-electron chi connectivity index (χ4n) is 2.76. The van der Waals surface area contributed by atoms with Crippen LogP contribution >= 0.6 is 11.3 Å². The maximum atomic E-state index is 12.2. The van der Waals surface area contributed by atoms with Crippen molar-refractivity contribution in [3.63, 3.8) is 0 Å². The van der Waals surface area contributed by atoms with E-state index in [4.69, 9.17) is 0 Å². The first-order valence-corrected chi connectivity index (χ1v) is 11.1. The lowest BCUT2D eigenvalue weighted by atomic mass is 10.2. The van der Waals surface area contributed by atoms with E-state index in [1.54, 1.807) is 0 Å². The summed E-state index contributed by atoms with van der Waals surface area (Å²) in [6.07, 6.45) is -4.18. The minimum Gasteiger partial charge on any atom is -0.406 e. The maximum Gasteiger partial charge on any atom is 0.573 e. The Bertz CT molecular complexity index is 1010. The summed E-state index contributed by atoms with van der Waals surface area (Å²) in [7, 11) is -1.98. The first-order chi connectivity index (χ1) is 14.0. The molecule has 0 saturated carbocycles. The molecule has 164 valence electrons. The molecule has 0 radical (unpaired) electrons. The lowest BCUT2D eigenvalue weighted by molar-refractivity contribution is -0.274. The van der Waals surface area contributed by atoms with E-state index in [1.807, 2.05) is 7.05 Å². The Morgan fingerprint density at radius 2 is 2.00 bits per heavy atom. The number of halogens is 3. The van der Waals surface area contributed by atoms with Crippen molar-refractivity contribution in [2.75, 3.05) is 25.5 Å². The van der Waals surface area contributed by atoms with Gasteiger partial charge in [-0.1, -0.05) is 0 Å². The zero-order chi connectivity index (χ0) is 21.9. The summed E-state index contributed by atoms with van der Waals surface area (Å²) < 4.78 is 66.8. The van der Waals surface area contributed by atoms with Crippen molar-refractivity contribution in [3.05, 3.63) is 34.8 Å². The van der Waals surface area contributed by atoms with Gasteiger partial charge in [-0.25, -0.2) is 18.1 Å². The number of nitrogens with zero attached hydrogens (tertiary/aromatic N) is 2. The van der Waals surface area contributed by atoms with Gasteiger partial charge in [-0.2, -0.15) is 0 Å². The number of carbonyl (C=O) groups excluding carboxylic acids is 1. The number of amides is 1. The van der Waals surface area contributed by atoms with Gasteiger partial charge in [0.05, 0.1) is 10.6 Å². The molecular formula is C17H19F3N4O4S2. The molecule has 1 amide bonds. The van der Waals surface area contributed by atoms with E-state index in [1.165, 1.54) is 11.3 Å². The lowest BCUT2D eigenvalue weighted by Gasteiger charge is -2.20. The highest BCUT2D eigenvalue weighted by Gasteiger charge is 2.31. The van der Waals surface area contributed by atoms with Crippen LogP contribution in [0.3, 0.4) is 0 Å². The number of ether oxygens (including phenoxy) is 1. The third-order valence-electron chi connectivity index (χ3n) is 4.18. The summed E-state index contributed by atoms with van der Waals surface area (Å²) in [5, 5.41) is 3.14. The van der Waals surface area contributed by atoms with E-state index in [2.05, 4.69) is 24.7 Å². The van der Waals surface area contributed by atoms with Gasteiger partial charge >= 0.3 is 6.36 Å². The van der Waals surface area contributed by atoms with Crippen molar-refractivity contribution in [2.24, 2.45) is 0 Å². The molecule has 0 aliphatic carbocycles. The minimum absolute atomic E-state index is 0.126. The highest BCUT2D eigenvalue weighted by molar-refractivity contribution is 7.89. The average Bonchev–Trinajstić information content (AvgIpc) is 3.01. The molecule has 2 heterocycles. The second kappa shape index (κ2) is 8.88. The van der Waals surface area contributed by atoms with Crippen LogP contribution in [-0.4, -0.2) is 50.7 Å². The molecule has 30 heavy (non-hydrogen) atoms. The second-order valence-electron chi connectivity index (χ2n) is 6.59. The number of sulfonamides is 1. The van der Waals surface area contributed by atoms with Gasteiger partial charge in [-0.15, -0.1) is 24.5 Å². The Kier molecular flexibility index (Phi) is 6.65. The number of nitrogens with one attached hydrogen (secondary N) is 2. The van der Waals surface area contributed by atoms with Crippen molar-refractivity contribution in [2.45, 2.75) is 30.6 Å². The van der Waals surface area contributed by atoms with Gasteiger partial charge in [-0.05, 0) is 31.3 Å². The molecule has 1 aromatic carbocycles. The van der Waals surface area contributed by atoms with Gasteiger partial charge in [0.25, 0.3) is 0 Å². The Hall–Kier alpha value is -2.22. The lowest BCUT2D eigenvalue weighted by Crippen LogP contribution is -2.28. The Morgan fingerprint density at radius 3 is 2.67 bits per heavy atom. The van der Waals surface area contributed by atoms with Crippen LogP contribution in [0.4, 0.5) is 18.3 Å². The standard InChI is InChI=1S/C17H19F3N4O4S2/c1-24-9-7-13-14(10-24)29-16(22-13)23-15(25)6-8-21-30(26,27)12-4-2-11(3-5-12)28-17(18,19)20/h2-5,21H,6-10H2,1H3,(H,22,23,25). The smallest absolute Gasteiger partial charge is 0.406 e. The fourth-order valence-corrected chi connectivity index (χ4v) is 4.90. The van der Waals surface area contributed by atoms with Gasteiger partial charge < -0.3 is 15.0 Å². The number of fused-ring (bicyclic) bond motifs is 1. The zero-order valence-corrected chi connectivity index (χ0v) is 17.5. The maximum absolute atomic E-state index is 12.2. The predicted molar refractivity (Wildman–Crippen MR) is 104 cm³/mol. The van der Waals surface area contributed by atoms with Crippen LogP contribution in [0.2, 0.25) is 0 Å². The highest BCUT2D eigenvalue weighted by Crippen LogP contribution is 2.28. The molecule has 0 fully saturated rings. The van der Waals surface area contributed by atoms with Gasteiger partial charge in [0, 0.05) is 37.4 Å². The van der Waals surface area contributed by atoms with Gasteiger partial charge in [0.2, 0.25) is 15.9 Å². The van der Waals surface area contributed by atoms with Crippen molar-refractivity contribution >= 4 is 32.4 Å². The van der Waals surface area contributed by atoms with Crippen LogP contribution in [0.5, 0.6) is 5.75 Å². The van der Waals surface area contributed by atoms with Crippen LogP contribution in [0.15, 0.2) is 29.2 Å². The van der Waals surface area contributed by atoms with Crippen molar-refractivity contribution < 1.29 is 31.1 Å². The Balaban J connectivity index is 1.49. The van der Waals surface area contributed by atoms with E-state index >= 15 is 0 Å². The summed E-state index contributed by atoms with van der Waals surface area (Å²) in [6.45, 7) is 1.49. The molecule has 8 nitrogen and oxygen atoms in total. The van der Waals surface area contributed by atoms with E-state index in [0.29, 0.717) is 5.13 Å². The molecule has 1 aromatic heterocycles. The Morgan fingerprint density at radius 1 is 1.30 bits per heavy atom. The largest absolute Gasteiger partial charge is 0.573 e. The number of benzene rings is 1. The molecule has 3 rings (SSSR count). The van der Waals surface area contributed by atoms with Crippen LogP contribution in [0.1, 0.15) is 17.0 Å². The molecule has 0 spiro atoms. The van der Waals surface area contributed by atoms with Crippen LogP contribution < -0.4 is 14.8 Å². The van der Waals surface area contributed by atoms with E-state index in [0.717, 1.165) is 54.3 Å². The molecular weight excluding hydrogens is 445 g/mol. The van der Waals surface area contributed by atoms with Crippen LogP contribution in [-0.2, 0) is 27.8 Å². The number of anilines is 1. The topological polar surface area (TPSA) is 101 Å². The van der Waals surface area contributed by atoms with Crippen molar-refractivity contribution in [3.8, 4) is 5.75 Å². The normalized spacial score (nSPS) is 14.9. The molecule has 1 aliphatic rings. The third kappa shape index (κ3) is 6.14. The monoisotopic (exact) mass is 464 g/mol.